The quantitative estimate of drug-likeness (QED) is 0.0191. The topological polar surface area (TPSA) is 634 Å². The number of hydrogen-bond acceptors (Lipinski definition) is 30. The van der Waals surface area contributed by atoms with Crippen molar-refractivity contribution >= 4 is 214 Å². The first-order valence-electron chi connectivity index (χ1n) is 25.9. The summed E-state index contributed by atoms with van der Waals surface area (Å²) in [4.78, 5) is 62.3. The SMILES string of the molecule is O=P(O)(O)c1cccc(Nc2nc(Cl)nc(Nc3cc(S(=O)(=O)O)c(Nc4ccc5c(c4S(=O)(=O)O)Oc4c(Cl)c6c(c(Cl)c4=N5)Oc4c(ccc(Nc5cc(S(=O)(=O)O)c(Nc7nc(Cl)nc(Nc8cccc(P(=O)(O)O)c8)n7)cc5S(=O)(=O)O)c4S(=O)(=O)O)N=6)cc3S(=O)(=O)O)n2)c1.[Na+].[Na+].[Na+].[Na+].[Na+].[Na+].[Na+].[Na+]. The standard InChI is InChI=1S/C48H32Cl4N14O26P2S6.8Na/c49-33-36-40(92-38-22(58-36)8-10-24(42(38)100(88,89)90)56-26-14-32(98(82,83)84)28(16-30(26)96(76,77)78)60-48-64-44(52)62-46(66-48)54-18-4-2-6-20(12-18)94(70,71)72)34(50)35-39(33)91-37-21(57-35)7-9-23(41(37)99(85,86)87)55-25-13-31(97(79,80)81)27(15-29(25)95(73,74)75)59-47-63-43(51)61-45(65-47)53-17-3-1-5-19(11-17)93(67,68)69;;;;;;;;/h1-16,55-56H,(H2,67,68,69)(H2,70,71,72)(H,73,74,75)(H,76,77,78)(H,79,80,81)(H,82,83,84)(H,85,86,87)(H,88,89,90)(H2,53,59,61,63,65)(H2,54,60,62,64,66);;;;;;;;/q;8*+1. The van der Waals surface area contributed by atoms with Crippen molar-refractivity contribution in [3.63, 3.8) is 0 Å². The van der Waals surface area contributed by atoms with Gasteiger partial charge in [0.2, 0.25) is 34.4 Å². The Morgan fingerprint density at radius 2 is 0.611 bits per heavy atom. The summed E-state index contributed by atoms with van der Waals surface area (Å²) in [7, 11) is -43.3. The molecule has 0 fully saturated rings. The maximum absolute atomic E-state index is 13.4. The summed E-state index contributed by atoms with van der Waals surface area (Å²) in [5, 5.41) is 9.45. The molecule has 108 heavy (non-hydrogen) atoms. The summed E-state index contributed by atoms with van der Waals surface area (Å²) in [5.41, 5.74) is -6.97. The molecule has 0 saturated heterocycles. The van der Waals surface area contributed by atoms with Crippen LogP contribution in [0, 0.1) is 0 Å². The number of nitrogens with one attached hydrogen (secondary N) is 6. The van der Waals surface area contributed by atoms with E-state index in [2.05, 4.69) is 71.8 Å². The van der Waals surface area contributed by atoms with Crippen molar-refractivity contribution in [1.29, 1.82) is 0 Å². The van der Waals surface area contributed by atoms with Gasteiger partial charge in [-0.25, -0.2) is 9.98 Å². The van der Waals surface area contributed by atoms with Crippen LogP contribution in [-0.2, 0) is 69.8 Å². The van der Waals surface area contributed by atoms with Gasteiger partial charge in [-0.3, -0.25) is 36.4 Å². The van der Waals surface area contributed by atoms with Crippen LogP contribution >= 0.6 is 61.6 Å². The number of hydrogen-bond donors (Lipinski definition) is 16. The second-order valence-electron chi connectivity index (χ2n) is 20.0. The van der Waals surface area contributed by atoms with Gasteiger partial charge in [0.05, 0.1) is 44.7 Å². The largest absolute Gasteiger partial charge is 1.00 e. The van der Waals surface area contributed by atoms with Gasteiger partial charge in [0.1, 0.15) is 51.7 Å². The van der Waals surface area contributed by atoms with Crippen molar-refractivity contribution < 1.29 is 352 Å². The molecule has 16 N–H and O–H groups in total. The van der Waals surface area contributed by atoms with E-state index in [4.69, 9.17) is 55.9 Å². The maximum atomic E-state index is 13.4. The van der Waals surface area contributed by atoms with E-state index in [9.17, 15) is 107 Å². The van der Waals surface area contributed by atoms with Crippen LogP contribution < -0.4 is 299 Å². The molecule has 0 saturated carbocycles. The van der Waals surface area contributed by atoms with Gasteiger partial charge in [-0.2, -0.15) is 80.4 Å². The molecule has 0 radical (unpaired) electrons. The zero-order chi connectivity index (χ0) is 73.1. The van der Waals surface area contributed by atoms with Gasteiger partial charge in [0.25, 0.3) is 60.7 Å². The van der Waals surface area contributed by atoms with Gasteiger partial charge in [-0.05, 0) is 108 Å². The van der Waals surface area contributed by atoms with Crippen molar-refractivity contribution in [2.75, 3.05) is 31.9 Å². The molecule has 11 rings (SSSR count). The number of halogens is 4. The summed E-state index contributed by atoms with van der Waals surface area (Å²) < 4.78 is 257. The summed E-state index contributed by atoms with van der Waals surface area (Å²) in [6, 6.07) is 14.2. The Balaban J connectivity index is 0.00000378. The molecule has 0 amide bonds. The second-order valence-corrected chi connectivity index (χ2v) is 32.9. The molecule has 2 aliphatic heterocycles. The number of rotatable bonds is 20. The zero-order valence-electron chi connectivity index (χ0n) is 55.7. The second kappa shape index (κ2) is 38.5. The minimum absolute atomic E-state index is 0. The Hall–Kier alpha value is -0.520. The smallest absolute Gasteiger partial charge is 0.450 e. The first-order valence-corrected chi connectivity index (χ1v) is 39.2. The van der Waals surface area contributed by atoms with Crippen LogP contribution in [0.15, 0.2) is 136 Å². The van der Waals surface area contributed by atoms with Gasteiger partial charge in [-0.15, -0.1) is 0 Å². The van der Waals surface area contributed by atoms with Crippen LogP contribution in [-0.4, -0.2) is 127 Å². The molecule has 9 aromatic rings. The number of nitrogens with zero attached hydrogens (tertiary/aromatic N) is 8. The molecular weight excluding hydrogens is 1770 g/mol. The minimum Gasteiger partial charge on any atom is -0.450 e. The molecule has 524 valence electrons. The molecule has 0 unspecified atom stereocenters. The van der Waals surface area contributed by atoms with E-state index in [0.29, 0.717) is 24.3 Å². The number of benzene rings is 7. The van der Waals surface area contributed by atoms with Crippen molar-refractivity contribution in [3.05, 3.63) is 128 Å². The first-order chi connectivity index (χ1) is 46.2. The minimum atomic E-state index is -5.71. The average Bonchev–Trinajstić information content (AvgIpc) is 0.724. The maximum Gasteiger partial charge on any atom is 1.00 e. The molecule has 7 aromatic carbocycles. The Labute approximate surface area is 805 Å². The summed E-state index contributed by atoms with van der Waals surface area (Å²) in [5.74, 6) is -5.70. The Morgan fingerprint density at radius 1 is 0.333 bits per heavy atom. The van der Waals surface area contributed by atoms with Crippen molar-refractivity contribution in [1.82, 2.24) is 29.9 Å². The Kier molecular flexibility index (Phi) is 36.2. The van der Waals surface area contributed by atoms with Gasteiger partial charge in [0, 0.05) is 11.4 Å². The molecular formula is C48H32Cl4N14Na8O26P2S6+8. The third-order valence-corrected chi connectivity index (χ3v) is 21.6. The molecule has 2 aliphatic rings. The van der Waals surface area contributed by atoms with Crippen molar-refractivity contribution in [3.8, 4) is 23.0 Å². The molecule has 2 aromatic heterocycles. The number of fused-ring (bicyclic) bond motifs is 4. The van der Waals surface area contributed by atoms with E-state index in [1.54, 1.807) is 0 Å². The predicted molar refractivity (Wildman–Crippen MR) is 349 cm³/mol. The zero-order valence-corrected chi connectivity index (χ0v) is 81.4. The molecule has 60 heteroatoms. The Morgan fingerprint density at radius 3 is 0.880 bits per heavy atom. The van der Waals surface area contributed by atoms with Crippen LogP contribution in [0.2, 0.25) is 20.6 Å². The summed E-state index contributed by atoms with van der Waals surface area (Å²) in [6.07, 6.45) is 0. The molecule has 0 aliphatic carbocycles. The number of anilines is 12. The molecule has 4 heterocycles. The van der Waals surface area contributed by atoms with E-state index in [1.165, 1.54) is 24.3 Å². The normalized spacial score (nSPS) is 12.2. The van der Waals surface area contributed by atoms with Gasteiger partial charge < -0.3 is 60.9 Å². The molecule has 40 nitrogen and oxygen atoms in total. The van der Waals surface area contributed by atoms with Crippen LogP contribution in [0.3, 0.4) is 0 Å². The van der Waals surface area contributed by atoms with Crippen LogP contribution in [0.1, 0.15) is 0 Å². The third kappa shape index (κ3) is 23.5. The fourth-order valence-electron chi connectivity index (χ4n) is 9.25. The summed E-state index contributed by atoms with van der Waals surface area (Å²) in [6.45, 7) is 0. The number of ether oxygens (including phenoxy) is 2. The van der Waals surface area contributed by atoms with E-state index in [1.807, 2.05) is 0 Å². The van der Waals surface area contributed by atoms with Crippen LogP contribution in [0.25, 0.3) is 0 Å². The van der Waals surface area contributed by atoms with E-state index < -0.39 is 239 Å². The Bertz CT molecular complexity index is 5770. The fraction of sp³-hybridized carbons (Fsp3) is 0. The fourth-order valence-corrected chi connectivity index (χ4v) is 15.4. The van der Waals surface area contributed by atoms with Crippen molar-refractivity contribution in [2.45, 2.75) is 29.4 Å². The molecule has 0 atom stereocenters. The van der Waals surface area contributed by atoms with Crippen molar-refractivity contribution in [2.24, 2.45) is 9.98 Å². The number of aromatic nitrogens is 6. The monoisotopic (exact) mass is 1800 g/mol. The van der Waals surface area contributed by atoms with E-state index in [0.717, 1.165) is 48.5 Å². The van der Waals surface area contributed by atoms with Gasteiger partial charge in [0.15, 0.2) is 32.8 Å². The molecule has 0 spiro atoms. The van der Waals surface area contributed by atoms with Gasteiger partial charge in [-0.1, -0.05) is 35.3 Å². The van der Waals surface area contributed by atoms with Gasteiger partial charge >= 0.3 is 252 Å². The predicted octanol–water partition coefficient (Wildman–Crippen LogP) is -17.6. The van der Waals surface area contributed by atoms with Crippen LogP contribution in [0.5, 0.6) is 23.0 Å². The first kappa shape index (κ1) is 102. The van der Waals surface area contributed by atoms with E-state index >= 15 is 0 Å². The van der Waals surface area contributed by atoms with Crippen LogP contribution in [0.4, 0.5) is 80.7 Å². The molecule has 0 bridgehead atoms. The third-order valence-electron chi connectivity index (χ3n) is 13.2. The van der Waals surface area contributed by atoms with E-state index in [-0.39, 0.29) is 248 Å². The average molecular weight is 1800 g/mol. The summed E-state index contributed by atoms with van der Waals surface area (Å²) >= 11 is 25.8.